The average molecular weight is 224 g/mol. The lowest BCUT2D eigenvalue weighted by Gasteiger charge is -2.48. The predicted octanol–water partition coefficient (Wildman–Crippen LogP) is 2.49. The van der Waals surface area contributed by atoms with Crippen LogP contribution in [0.25, 0.3) is 0 Å². The van der Waals surface area contributed by atoms with Crippen LogP contribution in [0.5, 0.6) is 0 Å². The minimum atomic E-state index is 0.341. The third-order valence-electron chi connectivity index (χ3n) is 4.74. The van der Waals surface area contributed by atoms with Crippen LogP contribution in [0.1, 0.15) is 47.5 Å². The number of piperazine rings is 1. The first-order valence-electron chi connectivity index (χ1n) is 6.97. The van der Waals surface area contributed by atoms with E-state index in [0.29, 0.717) is 5.54 Å². The molecule has 0 aromatic heterocycles. The highest BCUT2D eigenvalue weighted by Crippen LogP contribution is 2.39. The molecule has 0 radical (unpaired) electrons. The summed E-state index contributed by atoms with van der Waals surface area (Å²) in [5.74, 6) is 1.70. The van der Waals surface area contributed by atoms with Crippen molar-refractivity contribution >= 4 is 0 Å². The van der Waals surface area contributed by atoms with E-state index in [1.165, 1.54) is 25.9 Å². The first-order chi connectivity index (χ1) is 7.47. The lowest BCUT2D eigenvalue weighted by Crippen LogP contribution is -2.64. The predicted molar refractivity (Wildman–Crippen MR) is 69.6 cm³/mol. The summed E-state index contributed by atoms with van der Waals surface area (Å²) >= 11 is 0. The van der Waals surface area contributed by atoms with Gasteiger partial charge in [0.25, 0.3) is 0 Å². The first-order valence-corrected chi connectivity index (χ1v) is 6.97. The molecule has 1 aliphatic heterocycles. The fourth-order valence-electron chi connectivity index (χ4n) is 3.03. The molecule has 94 valence electrons. The maximum Gasteiger partial charge on any atom is 0.0278 e. The largest absolute Gasteiger partial charge is 0.309 e. The quantitative estimate of drug-likeness (QED) is 0.792. The van der Waals surface area contributed by atoms with E-state index in [4.69, 9.17) is 0 Å². The van der Waals surface area contributed by atoms with E-state index in [0.717, 1.165) is 23.9 Å². The van der Waals surface area contributed by atoms with Crippen molar-refractivity contribution in [3.05, 3.63) is 0 Å². The van der Waals surface area contributed by atoms with Crippen LogP contribution in [0.15, 0.2) is 0 Å². The van der Waals surface area contributed by atoms with Crippen LogP contribution >= 0.6 is 0 Å². The van der Waals surface area contributed by atoms with Gasteiger partial charge in [0.1, 0.15) is 0 Å². The third-order valence-corrected chi connectivity index (χ3v) is 4.74. The van der Waals surface area contributed by atoms with Crippen molar-refractivity contribution in [2.45, 2.75) is 65.1 Å². The van der Waals surface area contributed by atoms with Gasteiger partial charge in [0.05, 0.1) is 0 Å². The standard InChI is InChI=1S/C14H28N2/c1-6-14(5)9-16(12-7-11(12)4)13(8-15-14)10(2)3/h10-13,15H,6-9H2,1-5H3. The van der Waals surface area contributed by atoms with Gasteiger partial charge in [0, 0.05) is 30.7 Å². The Bertz CT molecular complexity index is 251. The second kappa shape index (κ2) is 4.30. The van der Waals surface area contributed by atoms with Gasteiger partial charge in [-0.3, -0.25) is 4.90 Å². The van der Waals surface area contributed by atoms with Crippen molar-refractivity contribution in [3.63, 3.8) is 0 Å². The monoisotopic (exact) mass is 224 g/mol. The van der Waals surface area contributed by atoms with Crippen LogP contribution in [0, 0.1) is 11.8 Å². The summed E-state index contributed by atoms with van der Waals surface area (Å²) in [4.78, 5) is 2.80. The van der Waals surface area contributed by atoms with E-state index in [1.54, 1.807) is 0 Å². The molecule has 2 aliphatic rings. The number of hydrogen-bond donors (Lipinski definition) is 1. The van der Waals surface area contributed by atoms with Gasteiger partial charge in [-0.25, -0.2) is 0 Å². The Kier molecular flexibility index (Phi) is 3.33. The van der Waals surface area contributed by atoms with E-state index in [-0.39, 0.29) is 0 Å². The molecule has 1 saturated heterocycles. The minimum Gasteiger partial charge on any atom is -0.309 e. The first kappa shape index (κ1) is 12.4. The molecular weight excluding hydrogens is 196 g/mol. The molecule has 0 spiro atoms. The summed E-state index contributed by atoms with van der Waals surface area (Å²) in [6.45, 7) is 14.2. The van der Waals surface area contributed by atoms with Gasteiger partial charge < -0.3 is 5.32 Å². The van der Waals surface area contributed by atoms with Gasteiger partial charge in [-0.1, -0.05) is 27.7 Å². The molecule has 0 bridgehead atoms. The van der Waals surface area contributed by atoms with Crippen molar-refractivity contribution in [3.8, 4) is 0 Å². The normalized spacial score (nSPS) is 45.0. The molecule has 2 rings (SSSR count). The van der Waals surface area contributed by atoms with Crippen molar-refractivity contribution in [1.29, 1.82) is 0 Å². The Labute approximate surface area is 101 Å². The van der Waals surface area contributed by atoms with E-state index in [2.05, 4.69) is 44.8 Å². The molecule has 2 nitrogen and oxygen atoms in total. The van der Waals surface area contributed by atoms with E-state index in [9.17, 15) is 0 Å². The molecule has 0 aromatic carbocycles. The minimum absolute atomic E-state index is 0.341. The highest BCUT2D eigenvalue weighted by molar-refractivity contribution is 5.03. The number of nitrogens with one attached hydrogen (secondary N) is 1. The van der Waals surface area contributed by atoms with Gasteiger partial charge in [0.2, 0.25) is 0 Å². The molecule has 4 unspecified atom stereocenters. The summed E-state index contributed by atoms with van der Waals surface area (Å²) in [7, 11) is 0. The molecule has 1 aliphatic carbocycles. The van der Waals surface area contributed by atoms with Crippen LogP contribution in [0.2, 0.25) is 0 Å². The fourth-order valence-corrected chi connectivity index (χ4v) is 3.03. The third kappa shape index (κ3) is 2.28. The highest BCUT2D eigenvalue weighted by Gasteiger charge is 2.46. The molecule has 16 heavy (non-hydrogen) atoms. The summed E-state index contributed by atoms with van der Waals surface area (Å²) < 4.78 is 0. The summed E-state index contributed by atoms with van der Waals surface area (Å²) in [5.41, 5.74) is 0.341. The molecule has 1 N–H and O–H groups in total. The van der Waals surface area contributed by atoms with Gasteiger partial charge in [-0.05, 0) is 31.6 Å². The topological polar surface area (TPSA) is 15.3 Å². The lowest BCUT2D eigenvalue weighted by atomic mass is 9.89. The van der Waals surface area contributed by atoms with Gasteiger partial charge >= 0.3 is 0 Å². The Balaban J connectivity index is 2.07. The molecular formula is C14H28N2. The van der Waals surface area contributed by atoms with Crippen LogP contribution in [0.4, 0.5) is 0 Å². The van der Waals surface area contributed by atoms with Crippen LogP contribution < -0.4 is 5.32 Å². The fraction of sp³-hybridized carbons (Fsp3) is 1.00. The second-order valence-corrected chi connectivity index (χ2v) is 6.56. The lowest BCUT2D eigenvalue weighted by molar-refractivity contribution is 0.0499. The van der Waals surface area contributed by atoms with Gasteiger partial charge in [-0.2, -0.15) is 0 Å². The number of hydrogen-bond acceptors (Lipinski definition) is 2. The van der Waals surface area contributed by atoms with Crippen molar-refractivity contribution < 1.29 is 0 Å². The zero-order valence-corrected chi connectivity index (χ0v) is 11.6. The van der Waals surface area contributed by atoms with Crippen molar-refractivity contribution in [2.24, 2.45) is 11.8 Å². The molecule has 1 heterocycles. The molecule has 2 heteroatoms. The smallest absolute Gasteiger partial charge is 0.0278 e. The summed E-state index contributed by atoms with van der Waals surface area (Å²) in [6, 6.07) is 1.62. The highest BCUT2D eigenvalue weighted by atomic mass is 15.3. The number of nitrogens with zero attached hydrogens (tertiary/aromatic N) is 1. The maximum absolute atomic E-state index is 3.76. The zero-order valence-electron chi connectivity index (χ0n) is 11.6. The van der Waals surface area contributed by atoms with E-state index >= 15 is 0 Å². The van der Waals surface area contributed by atoms with Crippen molar-refractivity contribution in [1.82, 2.24) is 10.2 Å². The second-order valence-electron chi connectivity index (χ2n) is 6.56. The zero-order chi connectivity index (χ0) is 11.9. The Morgan fingerprint density at radius 3 is 2.50 bits per heavy atom. The maximum atomic E-state index is 3.76. The van der Waals surface area contributed by atoms with Gasteiger partial charge in [-0.15, -0.1) is 0 Å². The van der Waals surface area contributed by atoms with E-state index < -0.39 is 0 Å². The average Bonchev–Trinajstić information content (AvgIpc) is 2.95. The Hall–Kier alpha value is -0.0800. The van der Waals surface area contributed by atoms with Crippen molar-refractivity contribution in [2.75, 3.05) is 13.1 Å². The Morgan fingerprint density at radius 2 is 2.06 bits per heavy atom. The molecule has 2 fully saturated rings. The molecule has 1 saturated carbocycles. The van der Waals surface area contributed by atoms with Crippen LogP contribution in [-0.2, 0) is 0 Å². The molecule has 0 amide bonds. The van der Waals surface area contributed by atoms with E-state index in [1.807, 2.05) is 0 Å². The van der Waals surface area contributed by atoms with Crippen LogP contribution in [0.3, 0.4) is 0 Å². The number of rotatable bonds is 3. The van der Waals surface area contributed by atoms with Gasteiger partial charge in [0.15, 0.2) is 0 Å². The SMILES string of the molecule is CCC1(C)CN(C2CC2C)C(C(C)C)CN1. The Morgan fingerprint density at radius 1 is 1.44 bits per heavy atom. The summed E-state index contributed by atoms with van der Waals surface area (Å²) in [5, 5.41) is 3.76. The summed E-state index contributed by atoms with van der Waals surface area (Å²) in [6.07, 6.45) is 2.65. The van der Waals surface area contributed by atoms with Crippen LogP contribution in [-0.4, -0.2) is 35.6 Å². The molecule has 0 aromatic rings. The molecule has 4 atom stereocenters.